The van der Waals surface area contributed by atoms with E-state index in [0.29, 0.717) is 18.8 Å². The van der Waals surface area contributed by atoms with E-state index in [9.17, 15) is 18.0 Å². The van der Waals surface area contributed by atoms with Gasteiger partial charge in [-0.2, -0.15) is 4.31 Å². The summed E-state index contributed by atoms with van der Waals surface area (Å²) in [5, 5.41) is 2.67. The highest BCUT2D eigenvalue weighted by molar-refractivity contribution is 7.89. The molecule has 1 aliphatic rings. The van der Waals surface area contributed by atoms with Gasteiger partial charge in [0.25, 0.3) is 5.91 Å². The molecule has 0 aromatic heterocycles. The van der Waals surface area contributed by atoms with E-state index in [4.69, 9.17) is 4.74 Å². The first-order chi connectivity index (χ1) is 14.4. The molecule has 1 aliphatic heterocycles. The maximum absolute atomic E-state index is 12.8. The van der Waals surface area contributed by atoms with Gasteiger partial charge in [0.05, 0.1) is 10.5 Å². The number of carbonyl (C=O) groups is 2. The topological polar surface area (TPSA) is 92.8 Å². The van der Waals surface area contributed by atoms with Gasteiger partial charge < -0.3 is 10.1 Å². The Morgan fingerprint density at radius 1 is 0.933 bits per heavy atom. The Labute approximate surface area is 177 Å². The van der Waals surface area contributed by atoms with E-state index in [1.54, 1.807) is 24.3 Å². The molecule has 7 nitrogen and oxygen atoms in total. The highest BCUT2D eigenvalue weighted by Gasteiger charge is 2.26. The summed E-state index contributed by atoms with van der Waals surface area (Å²) in [6, 6.07) is 14.5. The normalized spacial score (nSPS) is 16.3. The fourth-order valence-electron chi connectivity index (χ4n) is 3.24. The number of ether oxygens (including phenoxy) is 1. The maximum atomic E-state index is 12.8. The van der Waals surface area contributed by atoms with Crippen molar-refractivity contribution in [2.45, 2.75) is 43.6 Å². The zero-order valence-electron chi connectivity index (χ0n) is 16.9. The van der Waals surface area contributed by atoms with Gasteiger partial charge in [-0.25, -0.2) is 13.2 Å². The van der Waals surface area contributed by atoms with Crippen LogP contribution in [0.25, 0.3) is 0 Å². The van der Waals surface area contributed by atoms with Gasteiger partial charge in [0.1, 0.15) is 0 Å². The summed E-state index contributed by atoms with van der Waals surface area (Å²) in [6.07, 6.45) is 2.77. The Kier molecular flexibility index (Phi) is 7.23. The molecule has 0 saturated carbocycles. The quantitative estimate of drug-likeness (QED) is 0.709. The first-order valence-corrected chi connectivity index (χ1v) is 11.5. The summed E-state index contributed by atoms with van der Waals surface area (Å²) >= 11 is 0. The number of para-hydroxylation sites is 1. The number of nitrogens with zero attached hydrogens (tertiary/aromatic N) is 1. The van der Waals surface area contributed by atoms with Crippen LogP contribution in [0.2, 0.25) is 0 Å². The monoisotopic (exact) mass is 430 g/mol. The number of hydrogen-bond donors (Lipinski definition) is 1. The van der Waals surface area contributed by atoms with Crippen LogP contribution in [0.4, 0.5) is 5.69 Å². The van der Waals surface area contributed by atoms with Crippen LogP contribution >= 0.6 is 0 Å². The third-order valence-corrected chi connectivity index (χ3v) is 6.90. The largest absolute Gasteiger partial charge is 0.449 e. The van der Waals surface area contributed by atoms with Crippen molar-refractivity contribution in [1.82, 2.24) is 4.31 Å². The Morgan fingerprint density at radius 2 is 1.53 bits per heavy atom. The molecule has 1 N–H and O–H groups in total. The van der Waals surface area contributed by atoms with Crippen LogP contribution in [0, 0.1) is 0 Å². The minimum absolute atomic E-state index is 0.149. The summed E-state index contributed by atoms with van der Waals surface area (Å²) in [6.45, 7) is 2.51. The molecule has 8 heteroatoms. The smallest absolute Gasteiger partial charge is 0.338 e. The van der Waals surface area contributed by atoms with Gasteiger partial charge in [-0.1, -0.05) is 31.0 Å². The van der Waals surface area contributed by atoms with E-state index in [-0.39, 0.29) is 10.5 Å². The van der Waals surface area contributed by atoms with Crippen molar-refractivity contribution in [3.05, 3.63) is 60.2 Å². The minimum atomic E-state index is -3.58. The molecule has 0 spiro atoms. The second kappa shape index (κ2) is 9.86. The zero-order valence-corrected chi connectivity index (χ0v) is 17.7. The fraction of sp³-hybridized carbons (Fsp3) is 0.364. The number of benzene rings is 2. The summed E-state index contributed by atoms with van der Waals surface area (Å²) in [5.74, 6) is -1.14. The van der Waals surface area contributed by atoms with Gasteiger partial charge in [-0.05, 0) is 56.2 Å². The van der Waals surface area contributed by atoms with E-state index in [2.05, 4.69) is 5.32 Å². The molecule has 2 aromatic carbocycles. The lowest BCUT2D eigenvalue weighted by molar-refractivity contribution is -0.123. The molecule has 1 heterocycles. The second-order valence-electron chi connectivity index (χ2n) is 7.25. The Morgan fingerprint density at radius 3 is 2.13 bits per heavy atom. The van der Waals surface area contributed by atoms with Crippen LogP contribution in [-0.4, -0.2) is 43.8 Å². The first kappa shape index (κ1) is 22.0. The minimum Gasteiger partial charge on any atom is -0.449 e. The molecule has 1 saturated heterocycles. The van der Waals surface area contributed by atoms with Crippen molar-refractivity contribution in [2.75, 3.05) is 18.4 Å². The van der Waals surface area contributed by atoms with Crippen molar-refractivity contribution in [1.29, 1.82) is 0 Å². The fourth-order valence-corrected chi connectivity index (χ4v) is 4.76. The highest BCUT2D eigenvalue weighted by atomic mass is 32.2. The third-order valence-electron chi connectivity index (χ3n) is 4.99. The van der Waals surface area contributed by atoms with E-state index >= 15 is 0 Å². The Bertz CT molecular complexity index is 966. The molecule has 1 atom stereocenters. The lowest BCUT2D eigenvalue weighted by atomic mass is 10.2. The molecule has 1 fully saturated rings. The van der Waals surface area contributed by atoms with Gasteiger partial charge in [-0.3, -0.25) is 4.79 Å². The maximum Gasteiger partial charge on any atom is 0.338 e. The summed E-state index contributed by atoms with van der Waals surface area (Å²) < 4.78 is 32.4. The lowest BCUT2D eigenvalue weighted by Crippen LogP contribution is -2.32. The number of amides is 1. The molecule has 3 rings (SSSR count). The van der Waals surface area contributed by atoms with E-state index < -0.39 is 28.0 Å². The number of carbonyl (C=O) groups excluding carboxylic acids is 2. The molecule has 0 unspecified atom stereocenters. The summed E-state index contributed by atoms with van der Waals surface area (Å²) in [4.78, 5) is 24.7. The molecule has 0 aliphatic carbocycles. The molecule has 2 aromatic rings. The molecule has 0 bridgehead atoms. The first-order valence-electron chi connectivity index (χ1n) is 10.0. The molecular formula is C22H26N2O5S. The number of rotatable bonds is 6. The molecule has 160 valence electrons. The van der Waals surface area contributed by atoms with Gasteiger partial charge in [0, 0.05) is 18.8 Å². The third kappa shape index (κ3) is 5.46. The highest BCUT2D eigenvalue weighted by Crippen LogP contribution is 2.21. The van der Waals surface area contributed by atoms with Crippen LogP contribution < -0.4 is 5.32 Å². The SMILES string of the molecule is C[C@@H](OC(=O)c1ccc(S(=O)(=O)N2CCCCCC2)cc1)C(=O)Nc1ccccc1. The zero-order chi connectivity index (χ0) is 21.6. The average Bonchev–Trinajstić information content (AvgIpc) is 3.04. The van der Waals surface area contributed by atoms with Crippen LogP contribution in [-0.2, 0) is 19.6 Å². The van der Waals surface area contributed by atoms with Crippen molar-refractivity contribution in [3.63, 3.8) is 0 Å². The number of hydrogen-bond acceptors (Lipinski definition) is 5. The van der Waals surface area contributed by atoms with Crippen molar-refractivity contribution in [2.24, 2.45) is 0 Å². The number of esters is 1. The van der Waals surface area contributed by atoms with Gasteiger partial charge >= 0.3 is 5.97 Å². The van der Waals surface area contributed by atoms with Gasteiger partial charge in [0.15, 0.2) is 6.10 Å². The van der Waals surface area contributed by atoms with Gasteiger partial charge in [0.2, 0.25) is 10.0 Å². The second-order valence-corrected chi connectivity index (χ2v) is 9.18. The van der Waals surface area contributed by atoms with Crippen LogP contribution in [0.3, 0.4) is 0 Å². The van der Waals surface area contributed by atoms with Crippen molar-refractivity contribution in [3.8, 4) is 0 Å². The van der Waals surface area contributed by atoms with Crippen LogP contribution in [0.5, 0.6) is 0 Å². The van der Waals surface area contributed by atoms with Crippen molar-refractivity contribution < 1.29 is 22.7 Å². The standard InChI is InChI=1S/C22H26N2O5S/c1-17(21(25)23-19-9-5-4-6-10-19)29-22(26)18-11-13-20(14-12-18)30(27,28)24-15-7-2-3-8-16-24/h4-6,9-14,17H,2-3,7-8,15-16H2,1H3,(H,23,25)/t17-/m1/s1. The molecule has 30 heavy (non-hydrogen) atoms. The predicted octanol–water partition coefficient (Wildman–Crippen LogP) is 3.44. The average molecular weight is 431 g/mol. The molecule has 1 amide bonds. The Balaban J connectivity index is 1.62. The summed E-state index contributed by atoms with van der Waals surface area (Å²) in [5.41, 5.74) is 0.789. The van der Waals surface area contributed by atoms with Crippen LogP contribution in [0.1, 0.15) is 43.0 Å². The van der Waals surface area contributed by atoms with Crippen molar-refractivity contribution >= 4 is 27.6 Å². The predicted molar refractivity (Wildman–Crippen MR) is 114 cm³/mol. The van der Waals surface area contributed by atoms with E-state index in [1.807, 2.05) is 6.07 Å². The number of nitrogens with one attached hydrogen (secondary N) is 1. The molecular weight excluding hydrogens is 404 g/mol. The van der Waals surface area contributed by atoms with E-state index in [0.717, 1.165) is 25.7 Å². The van der Waals surface area contributed by atoms with E-state index in [1.165, 1.54) is 35.5 Å². The van der Waals surface area contributed by atoms with Crippen LogP contribution in [0.15, 0.2) is 59.5 Å². The number of sulfonamides is 1. The molecule has 0 radical (unpaired) electrons. The lowest BCUT2D eigenvalue weighted by Gasteiger charge is -2.20. The summed E-state index contributed by atoms with van der Waals surface area (Å²) in [7, 11) is -3.58. The number of anilines is 1. The van der Waals surface area contributed by atoms with Gasteiger partial charge in [-0.15, -0.1) is 0 Å². The Hall–Kier alpha value is -2.71.